The zero-order chi connectivity index (χ0) is 10.8. The molecule has 1 aliphatic rings. The van der Waals surface area contributed by atoms with Crippen LogP contribution in [0.1, 0.15) is 30.1 Å². The molecule has 1 fully saturated rings. The van der Waals surface area contributed by atoms with Gasteiger partial charge in [-0.15, -0.1) is 0 Å². The van der Waals surface area contributed by atoms with Crippen molar-refractivity contribution in [3.8, 4) is 0 Å². The van der Waals surface area contributed by atoms with Crippen LogP contribution in [0.4, 0.5) is 0 Å². The number of carbonyl (C=O) groups is 1. The number of halogens is 1. The summed E-state index contributed by atoms with van der Waals surface area (Å²) in [5.41, 5.74) is 2.29. The Morgan fingerprint density at radius 1 is 1.47 bits per heavy atom. The molecular formula is C12H13BrO2. The first-order chi connectivity index (χ1) is 7.18. The number of aryl methyl sites for hydroxylation is 1. The van der Waals surface area contributed by atoms with E-state index in [0.717, 1.165) is 10.0 Å². The van der Waals surface area contributed by atoms with Gasteiger partial charge in [-0.05, 0) is 24.1 Å². The predicted octanol–water partition coefficient (Wildman–Crippen LogP) is 3.18. The largest absolute Gasteiger partial charge is 0.373 e. The smallest absolute Gasteiger partial charge is 0.138 e. The molecule has 0 spiro atoms. The first-order valence-corrected chi connectivity index (χ1v) is 5.86. The fourth-order valence-corrected chi connectivity index (χ4v) is 2.64. The molecule has 0 saturated carbocycles. The summed E-state index contributed by atoms with van der Waals surface area (Å²) in [6.45, 7) is 2.59. The minimum absolute atomic E-state index is 0.0678. The highest BCUT2D eigenvalue weighted by Gasteiger charge is 2.24. The molecule has 0 radical (unpaired) electrons. The normalized spacial score (nSPS) is 21.7. The van der Waals surface area contributed by atoms with E-state index in [2.05, 4.69) is 15.9 Å². The lowest BCUT2D eigenvalue weighted by Gasteiger charge is -2.24. The summed E-state index contributed by atoms with van der Waals surface area (Å²) < 4.78 is 6.68. The van der Waals surface area contributed by atoms with Gasteiger partial charge >= 0.3 is 0 Å². The second-order valence-corrected chi connectivity index (χ2v) is 4.68. The van der Waals surface area contributed by atoms with Crippen molar-refractivity contribution in [2.75, 3.05) is 6.61 Å². The molecule has 0 aromatic heterocycles. The summed E-state index contributed by atoms with van der Waals surface area (Å²) in [4.78, 5) is 11.4. The number of ether oxygens (including phenoxy) is 1. The molecule has 1 atom stereocenters. The third-order valence-corrected chi connectivity index (χ3v) is 3.40. The van der Waals surface area contributed by atoms with Gasteiger partial charge in [0.2, 0.25) is 0 Å². The van der Waals surface area contributed by atoms with Gasteiger partial charge in [0.05, 0.1) is 12.7 Å². The second kappa shape index (κ2) is 4.45. The van der Waals surface area contributed by atoms with Gasteiger partial charge in [0.1, 0.15) is 5.78 Å². The molecule has 1 aromatic rings. The van der Waals surface area contributed by atoms with Crippen LogP contribution in [0.2, 0.25) is 0 Å². The van der Waals surface area contributed by atoms with E-state index >= 15 is 0 Å². The second-order valence-electron chi connectivity index (χ2n) is 3.82. The Morgan fingerprint density at radius 3 is 2.93 bits per heavy atom. The standard InChI is InChI=1S/C12H13BrO2/c1-8-3-2-4-10(13)12(8)11-7-9(14)5-6-15-11/h2-4,11H,5-7H2,1H3. The summed E-state index contributed by atoms with van der Waals surface area (Å²) in [6, 6.07) is 6.03. The van der Waals surface area contributed by atoms with Gasteiger partial charge < -0.3 is 4.74 Å². The Hall–Kier alpha value is -0.670. The van der Waals surface area contributed by atoms with Crippen molar-refractivity contribution in [3.05, 3.63) is 33.8 Å². The van der Waals surface area contributed by atoms with Crippen molar-refractivity contribution in [3.63, 3.8) is 0 Å². The van der Waals surface area contributed by atoms with Crippen molar-refractivity contribution in [1.82, 2.24) is 0 Å². The van der Waals surface area contributed by atoms with E-state index in [1.165, 1.54) is 5.56 Å². The van der Waals surface area contributed by atoms with Crippen LogP contribution in [0.5, 0.6) is 0 Å². The van der Waals surface area contributed by atoms with E-state index in [1.807, 2.05) is 25.1 Å². The molecule has 1 unspecified atom stereocenters. The number of benzene rings is 1. The average Bonchev–Trinajstić information content (AvgIpc) is 2.17. The minimum Gasteiger partial charge on any atom is -0.373 e. The highest BCUT2D eigenvalue weighted by atomic mass is 79.9. The van der Waals surface area contributed by atoms with Crippen molar-refractivity contribution < 1.29 is 9.53 Å². The number of hydrogen-bond acceptors (Lipinski definition) is 2. The summed E-state index contributed by atoms with van der Waals surface area (Å²) in [5.74, 6) is 0.293. The molecular weight excluding hydrogens is 256 g/mol. The van der Waals surface area contributed by atoms with E-state index in [9.17, 15) is 4.79 Å². The van der Waals surface area contributed by atoms with Gasteiger partial charge in [0.15, 0.2) is 0 Å². The fraction of sp³-hybridized carbons (Fsp3) is 0.417. The highest BCUT2D eigenvalue weighted by Crippen LogP contribution is 2.33. The van der Waals surface area contributed by atoms with E-state index in [0.29, 0.717) is 25.2 Å². The van der Waals surface area contributed by atoms with Crippen molar-refractivity contribution in [2.45, 2.75) is 25.9 Å². The van der Waals surface area contributed by atoms with Crippen molar-refractivity contribution in [2.24, 2.45) is 0 Å². The van der Waals surface area contributed by atoms with Crippen LogP contribution in [0.25, 0.3) is 0 Å². The Bertz CT molecular complexity index is 367. The van der Waals surface area contributed by atoms with Gasteiger partial charge in [-0.3, -0.25) is 4.79 Å². The van der Waals surface area contributed by atoms with Gasteiger partial charge in [0.25, 0.3) is 0 Å². The summed E-state index contributed by atoms with van der Waals surface area (Å²) in [7, 11) is 0. The highest BCUT2D eigenvalue weighted by molar-refractivity contribution is 9.10. The van der Waals surface area contributed by atoms with Gasteiger partial charge in [0, 0.05) is 17.3 Å². The molecule has 1 saturated heterocycles. The first kappa shape index (κ1) is 10.8. The Morgan fingerprint density at radius 2 is 2.27 bits per heavy atom. The molecule has 2 rings (SSSR count). The van der Waals surface area contributed by atoms with Crippen LogP contribution in [0.15, 0.2) is 22.7 Å². The van der Waals surface area contributed by atoms with E-state index in [1.54, 1.807) is 0 Å². The Balaban J connectivity index is 2.32. The third kappa shape index (κ3) is 2.29. The minimum atomic E-state index is -0.0678. The molecule has 1 aliphatic heterocycles. The molecule has 80 valence electrons. The lowest BCUT2D eigenvalue weighted by molar-refractivity contribution is -0.128. The van der Waals surface area contributed by atoms with E-state index in [4.69, 9.17) is 4.74 Å². The van der Waals surface area contributed by atoms with Crippen molar-refractivity contribution in [1.29, 1.82) is 0 Å². The third-order valence-electron chi connectivity index (χ3n) is 2.71. The lowest BCUT2D eigenvalue weighted by atomic mass is 9.97. The Labute approximate surface area is 97.8 Å². The van der Waals surface area contributed by atoms with Crippen LogP contribution < -0.4 is 0 Å². The lowest BCUT2D eigenvalue weighted by Crippen LogP contribution is -2.20. The monoisotopic (exact) mass is 268 g/mol. The fourth-order valence-electron chi connectivity index (χ4n) is 1.92. The van der Waals surface area contributed by atoms with Crippen LogP contribution in [0, 0.1) is 6.92 Å². The zero-order valence-corrected chi connectivity index (χ0v) is 10.2. The predicted molar refractivity (Wildman–Crippen MR) is 61.8 cm³/mol. The summed E-state index contributed by atoms with van der Waals surface area (Å²) in [6.07, 6.45) is 0.991. The number of Topliss-reactive ketones (excluding diaryl/α,β-unsaturated/α-hetero) is 1. The topological polar surface area (TPSA) is 26.3 Å². The molecule has 1 aromatic carbocycles. The molecule has 0 bridgehead atoms. The zero-order valence-electron chi connectivity index (χ0n) is 8.63. The quantitative estimate of drug-likeness (QED) is 0.782. The molecule has 3 heteroatoms. The molecule has 0 aliphatic carbocycles. The first-order valence-electron chi connectivity index (χ1n) is 5.07. The molecule has 2 nitrogen and oxygen atoms in total. The van der Waals surface area contributed by atoms with Gasteiger partial charge in [-0.2, -0.15) is 0 Å². The molecule has 15 heavy (non-hydrogen) atoms. The average molecular weight is 269 g/mol. The number of rotatable bonds is 1. The van der Waals surface area contributed by atoms with Crippen LogP contribution in [-0.4, -0.2) is 12.4 Å². The van der Waals surface area contributed by atoms with Crippen LogP contribution >= 0.6 is 15.9 Å². The maximum atomic E-state index is 11.4. The maximum Gasteiger partial charge on any atom is 0.138 e. The number of carbonyl (C=O) groups excluding carboxylic acids is 1. The van der Waals surface area contributed by atoms with Gasteiger partial charge in [-0.1, -0.05) is 28.1 Å². The van der Waals surface area contributed by atoms with E-state index < -0.39 is 0 Å². The number of ketones is 1. The van der Waals surface area contributed by atoms with Crippen LogP contribution in [-0.2, 0) is 9.53 Å². The number of hydrogen-bond donors (Lipinski definition) is 0. The molecule has 0 amide bonds. The summed E-state index contributed by atoms with van der Waals surface area (Å²) >= 11 is 3.51. The van der Waals surface area contributed by atoms with E-state index in [-0.39, 0.29) is 6.10 Å². The van der Waals surface area contributed by atoms with Crippen molar-refractivity contribution >= 4 is 21.7 Å². The SMILES string of the molecule is Cc1cccc(Br)c1C1CC(=O)CCO1. The molecule has 0 N–H and O–H groups in total. The summed E-state index contributed by atoms with van der Waals surface area (Å²) in [5, 5.41) is 0. The van der Waals surface area contributed by atoms with Crippen LogP contribution in [0.3, 0.4) is 0 Å². The maximum absolute atomic E-state index is 11.4. The Kier molecular flexibility index (Phi) is 3.22. The molecule has 1 heterocycles. The van der Waals surface area contributed by atoms with Gasteiger partial charge in [-0.25, -0.2) is 0 Å².